The Labute approximate surface area is 205 Å². The normalized spacial score (nSPS) is 16.5. The molecule has 0 unspecified atom stereocenters. The van der Waals surface area contributed by atoms with E-state index in [1.807, 2.05) is 0 Å². The van der Waals surface area contributed by atoms with Crippen LogP contribution in [0.4, 0.5) is 0 Å². The zero-order chi connectivity index (χ0) is 24.6. The molecule has 1 amide bonds. The van der Waals surface area contributed by atoms with Gasteiger partial charge in [0.25, 0.3) is 5.91 Å². The first-order valence-corrected chi connectivity index (χ1v) is 13.3. The number of ether oxygens (including phenoxy) is 3. The predicted molar refractivity (Wildman–Crippen MR) is 127 cm³/mol. The molecule has 0 saturated carbocycles. The Morgan fingerprint density at radius 3 is 2.43 bits per heavy atom. The molecule has 5 rings (SSSR count). The van der Waals surface area contributed by atoms with Crippen molar-refractivity contribution in [2.75, 3.05) is 27.0 Å². The molecule has 10 nitrogen and oxygen atoms in total. The van der Waals surface area contributed by atoms with Gasteiger partial charge in [-0.25, -0.2) is 8.42 Å². The standard InChI is InChI=1S/C23H23N3O7S2/c1-31-21(27)13-26-17-11-18-19(33-14-32-18)12-20(17)34-23(26)24-22(28)15-5-7-16(8-6-15)35(29,30)25-9-3-2-4-10-25/h5-8,11-12H,2-4,9-10,13-14H2,1H3. The molecule has 2 aromatic carbocycles. The number of esters is 1. The summed E-state index contributed by atoms with van der Waals surface area (Å²) in [5, 5.41) is 0. The smallest absolute Gasteiger partial charge is 0.325 e. The fourth-order valence-corrected chi connectivity index (χ4v) is 6.62. The van der Waals surface area contributed by atoms with Crippen molar-refractivity contribution < 1.29 is 32.2 Å². The Kier molecular flexibility index (Phi) is 6.34. The maximum atomic E-state index is 13.0. The predicted octanol–water partition coefficient (Wildman–Crippen LogP) is 2.52. The second kappa shape index (κ2) is 9.44. The summed E-state index contributed by atoms with van der Waals surface area (Å²) in [6.45, 7) is 0.978. The van der Waals surface area contributed by atoms with Crippen molar-refractivity contribution in [2.45, 2.75) is 30.7 Å². The monoisotopic (exact) mass is 517 g/mol. The molecule has 2 aliphatic rings. The van der Waals surface area contributed by atoms with Gasteiger partial charge in [0.15, 0.2) is 16.3 Å². The van der Waals surface area contributed by atoms with Crippen molar-refractivity contribution in [3.63, 3.8) is 0 Å². The number of hydrogen-bond donors (Lipinski definition) is 0. The summed E-state index contributed by atoms with van der Waals surface area (Å²) in [4.78, 5) is 29.7. The number of carbonyl (C=O) groups excluding carboxylic acids is 2. The van der Waals surface area contributed by atoms with Crippen molar-refractivity contribution in [1.29, 1.82) is 0 Å². The van der Waals surface area contributed by atoms with Crippen LogP contribution in [0.2, 0.25) is 0 Å². The number of carbonyl (C=O) groups is 2. The third-order valence-corrected chi connectivity index (χ3v) is 8.90. The summed E-state index contributed by atoms with van der Waals surface area (Å²) >= 11 is 1.22. The minimum absolute atomic E-state index is 0.114. The number of piperidine rings is 1. The number of aromatic nitrogens is 1. The summed E-state index contributed by atoms with van der Waals surface area (Å²) in [7, 11) is -2.31. The van der Waals surface area contributed by atoms with E-state index >= 15 is 0 Å². The van der Waals surface area contributed by atoms with Gasteiger partial charge in [-0.3, -0.25) is 9.59 Å². The van der Waals surface area contributed by atoms with Crippen molar-refractivity contribution in [1.82, 2.24) is 8.87 Å². The number of hydrogen-bond acceptors (Lipinski definition) is 8. The SMILES string of the molecule is COC(=O)Cn1c(=NC(=O)c2ccc(S(=O)(=O)N3CCCCC3)cc2)sc2cc3c(cc21)OCO3. The zero-order valence-electron chi connectivity index (χ0n) is 18.9. The molecule has 3 aromatic rings. The van der Waals surface area contributed by atoms with Gasteiger partial charge < -0.3 is 18.8 Å². The van der Waals surface area contributed by atoms with Crippen molar-refractivity contribution >= 4 is 43.5 Å². The van der Waals surface area contributed by atoms with Crippen LogP contribution in [0.15, 0.2) is 46.3 Å². The summed E-state index contributed by atoms with van der Waals surface area (Å²) in [5.74, 6) is 0.0605. The molecule has 2 aliphatic heterocycles. The van der Waals surface area contributed by atoms with Crippen LogP contribution in [0, 0.1) is 0 Å². The quantitative estimate of drug-likeness (QED) is 0.478. The molecule has 1 aromatic heterocycles. The van der Waals surface area contributed by atoms with Crippen LogP contribution < -0.4 is 14.3 Å². The fraction of sp³-hybridized carbons (Fsp3) is 0.348. The molecule has 35 heavy (non-hydrogen) atoms. The number of thiazole rings is 1. The molecule has 1 saturated heterocycles. The highest BCUT2D eigenvalue weighted by molar-refractivity contribution is 7.89. The summed E-state index contributed by atoms with van der Waals surface area (Å²) in [6.07, 6.45) is 2.71. The van der Waals surface area contributed by atoms with Crippen LogP contribution in [0.5, 0.6) is 11.5 Å². The van der Waals surface area contributed by atoms with Crippen molar-refractivity contribution in [3.8, 4) is 11.5 Å². The van der Waals surface area contributed by atoms with Gasteiger partial charge in [-0.15, -0.1) is 0 Å². The van der Waals surface area contributed by atoms with E-state index in [0.29, 0.717) is 34.9 Å². The number of fused-ring (bicyclic) bond motifs is 2. The third-order valence-electron chi connectivity index (χ3n) is 5.94. The topological polar surface area (TPSA) is 117 Å². The number of sulfonamides is 1. The number of methoxy groups -OCH3 is 1. The molecule has 1 fully saturated rings. The highest BCUT2D eigenvalue weighted by Gasteiger charge is 2.26. The molecule has 0 aliphatic carbocycles. The molecular formula is C23H23N3O7S2. The Balaban J connectivity index is 1.48. The van der Waals surface area contributed by atoms with E-state index in [9.17, 15) is 18.0 Å². The van der Waals surface area contributed by atoms with Gasteiger partial charge in [-0.05, 0) is 37.1 Å². The number of rotatable bonds is 5. The molecule has 0 radical (unpaired) electrons. The largest absolute Gasteiger partial charge is 0.468 e. The van der Waals surface area contributed by atoms with Crippen LogP contribution >= 0.6 is 11.3 Å². The van der Waals surface area contributed by atoms with Crippen molar-refractivity contribution in [3.05, 3.63) is 46.8 Å². The summed E-state index contributed by atoms with van der Waals surface area (Å²) in [6, 6.07) is 9.28. The van der Waals surface area contributed by atoms with Crippen molar-refractivity contribution in [2.24, 2.45) is 4.99 Å². The van der Waals surface area contributed by atoms with E-state index in [1.54, 1.807) is 16.7 Å². The number of nitrogens with zero attached hydrogens (tertiary/aromatic N) is 3. The van der Waals surface area contributed by atoms with E-state index < -0.39 is 21.9 Å². The lowest BCUT2D eigenvalue weighted by Crippen LogP contribution is -2.35. The van der Waals surface area contributed by atoms with Crippen LogP contribution in [-0.4, -0.2) is 56.2 Å². The first kappa shape index (κ1) is 23.5. The van der Waals surface area contributed by atoms with Gasteiger partial charge in [0, 0.05) is 30.8 Å². The first-order valence-electron chi connectivity index (χ1n) is 11.1. The van der Waals surface area contributed by atoms with Crippen LogP contribution in [0.25, 0.3) is 10.2 Å². The van der Waals surface area contributed by atoms with Crippen LogP contribution in [0.3, 0.4) is 0 Å². The van der Waals surface area contributed by atoms with Gasteiger partial charge in [-0.1, -0.05) is 17.8 Å². The lowest BCUT2D eigenvalue weighted by atomic mass is 10.2. The summed E-state index contributed by atoms with van der Waals surface area (Å²) < 4.78 is 45.2. The van der Waals surface area contributed by atoms with E-state index in [-0.39, 0.29) is 23.8 Å². The maximum Gasteiger partial charge on any atom is 0.325 e. The van der Waals surface area contributed by atoms with E-state index in [4.69, 9.17) is 14.2 Å². The molecule has 184 valence electrons. The van der Waals surface area contributed by atoms with E-state index in [1.165, 1.54) is 47.0 Å². The third kappa shape index (κ3) is 4.56. The molecule has 0 bridgehead atoms. The second-order valence-corrected chi connectivity index (χ2v) is 11.1. The minimum Gasteiger partial charge on any atom is -0.468 e. The highest BCUT2D eigenvalue weighted by Crippen LogP contribution is 2.37. The number of amides is 1. The van der Waals surface area contributed by atoms with Gasteiger partial charge in [-0.2, -0.15) is 9.30 Å². The molecular weight excluding hydrogens is 494 g/mol. The molecule has 3 heterocycles. The Morgan fingerprint density at radius 1 is 1.06 bits per heavy atom. The molecule has 0 spiro atoms. The van der Waals surface area contributed by atoms with Gasteiger partial charge in [0.2, 0.25) is 16.8 Å². The first-order chi connectivity index (χ1) is 16.9. The maximum absolute atomic E-state index is 13.0. The van der Waals surface area contributed by atoms with Gasteiger partial charge in [0.1, 0.15) is 6.54 Å². The lowest BCUT2D eigenvalue weighted by molar-refractivity contribution is -0.141. The van der Waals surface area contributed by atoms with Crippen LogP contribution in [0.1, 0.15) is 29.6 Å². The number of benzene rings is 2. The Bertz CT molecular complexity index is 1470. The fourth-order valence-electron chi connectivity index (χ4n) is 4.07. The molecule has 0 atom stereocenters. The summed E-state index contributed by atoms with van der Waals surface area (Å²) in [5.41, 5.74) is 0.887. The average molecular weight is 518 g/mol. The Morgan fingerprint density at radius 2 is 1.74 bits per heavy atom. The van der Waals surface area contributed by atoms with E-state index in [0.717, 1.165) is 24.0 Å². The van der Waals surface area contributed by atoms with Gasteiger partial charge >= 0.3 is 5.97 Å². The second-order valence-electron chi connectivity index (χ2n) is 8.13. The van der Waals surface area contributed by atoms with Crippen LogP contribution in [-0.2, 0) is 26.1 Å². The van der Waals surface area contributed by atoms with E-state index in [2.05, 4.69) is 4.99 Å². The van der Waals surface area contributed by atoms with Gasteiger partial charge in [0.05, 0.1) is 22.2 Å². The zero-order valence-corrected chi connectivity index (χ0v) is 20.6. The lowest BCUT2D eigenvalue weighted by Gasteiger charge is -2.25. The average Bonchev–Trinajstić information content (AvgIpc) is 3.46. The highest BCUT2D eigenvalue weighted by atomic mass is 32.2. The Hall–Kier alpha value is -3.22. The molecule has 0 N–H and O–H groups in total. The minimum atomic E-state index is -3.59. The molecule has 12 heteroatoms.